The maximum atomic E-state index is 5.46. The molecular weight excluding hydrogens is 224 g/mol. The molecular formula is C15H30N2O. The van der Waals surface area contributed by atoms with Crippen molar-refractivity contribution < 1.29 is 4.74 Å². The average molecular weight is 254 g/mol. The SMILES string of the molecule is COC(C)CN1CC(CC(C)C)NCC1C1CC1. The number of nitrogens with one attached hydrogen (secondary N) is 1. The lowest BCUT2D eigenvalue weighted by molar-refractivity contribution is 0.0328. The highest BCUT2D eigenvalue weighted by molar-refractivity contribution is 4.95. The van der Waals surface area contributed by atoms with Crippen LogP contribution in [0.25, 0.3) is 0 Å². The van der Waals surface area contributed by atoms with Gasteiger partial charge in [0.25, 0.3) is 0 Å². The van der Waals surface area contributed by atoms with Crippen LogP contribution < -0.4 is 5.32 Å². The van der Waals surface area contributed by atoms with E-state index in [-0.39, 0.29) is 0 Å². The third-order valence-electron chi connectivity index (χ3n) is 4.36. The Kier molecular flexibility index (Phi) is 5.05. The molecule has 106 valence electrons. The van der Waals surface area contributed by atoms with Crippen molar-refractivity contribution in [3.05, 3.63) is 0 Å². The third kappa shape index (κ3) is 3.94. The Morgan fingerprint density at radius 1 is 1.28 bits per heavy atom. The van der Waals surface area contributed by atoms with Gasteiger partial charge in [-0.2, -0.15) is 0 Å². The number of nitrogens with zero attached hydrogens (tertiary/aromatic N) is 1. The van der Waals surface area contributed by atoms with Crippen LogP contribution in [0.3, 0.4) is 0 Å². The third-order valence-corrected chi connectivity index (χ3v) is 4.36. The van der Waals surface area contributed by atoms with Gasteiger partial charge in [-0.25, -0.2) is 0 Å². The smallest absolute Gasteiger partial charge is 0.0670 e. The van der Waals surface area contributed by atoms with E-state index in [9.17, 15) is 0 Å². The predicted molar refractivity (Wildman–Crippen MR) is 75.8 cm³/mol. The molecule has 0 aromatic carbocycles. The lowest BCUT2D eigenvalue weighted by Gasteiger charge is -2.42. The highest BCUT2D eigenvalue weighted by Gasteiger charge is 2.39. The van der Waals surface area contributed by atoms with Crippen LogP contribution in [0.15, 0.2) is 0 Å². The quantitative estimate of drug-likeness (QED) is 0.786. The normalized spacial score (nSPS) is 31.8. The summed E-state index contributed by atoms with van der Waals surface area (Å²) in [5.74, 6) is 1.73. The van der Waals surface area contributed by atoms with Gasteiger partial charge in [0.05, 0.1) is 6.10 Å². The molecule has 1 aliphatic heterocycles. The zero-order chi connectivity index (χ0) is 13.1. The minimum atomic E-state index is 0.351. The summed E-state index contributed by atoms with van der Waals surface area (Å²) in [5, 5.41) is 3.76. The average Bonchev–Trinajstić information content (AvgIpc) is 3.12. The van der Waals surface area contributed by atoms with E-state index in [1.807, 2.05) is 7.11 Å². The molecule has 1 heterocycles. The second-order valence-electron chi connectivity index (χ2n) is 6.64. The van der Waals surface area contributed by atoms with Crippen LogP contribution in [-0.2, 0) is 4.74 Å². The highest BCUT2D eigenvalue weighted by atomic mass is 16.5. The lowest BCUT2D eigenvalue weighted by Crippen LogP contribution is -2.58. The number of hydrogen-bond donors (Lipinski definition) is 1. The summed E-state index contributed by atoms with van der Waals surface area (Å²) in [4.78, 5) is 2.69. The maximum absolute atomic E-state index is 5.46. The minimum absolute atomic E-state index is 0.351. The van der Waals surface area contributed by atoms with E-state index in [1.54, 1.807) is 0 Å². The zero-order valence-corrected chi connectivity index (χ0v) is 12.5. The van der Waals surface area contributed by atoms with Crippen LogP contribution in [0.1, 0.15) is 40.0 Å². The Labute approximate surface area is 112 Å². The van der Waals surface area contributed by atoms with Gasteiger partial charge in [0.2, 0.25) is 0 Å². The van der Waals surface area contributed by atoms with Crippen molar-refractivity contribution in [3.63, 3.8) is 0 Å². The van der Waals surface area contributed by atoms with Crippen LogP contribution in [-0.4, -0.2) is 49.8 Å². The van der Waals surface area contributed by atoms with Crippen LogP contribution in [0.4, 0.5) is 0 Å². The largest absolute Gasteiger partial charge is 0.380 e. The second-order valence-corrected chi connectivity index (χ2v) is 6.64. The first kappa shape index (κ1) is 14.3. The Balaban J connectivity index is 1.89. The van der Waals surface area contributed by atoms with E-state index in [0.29, 0.717) is 12.1 Å². The molecule has 18 heavy (non-hydrogen) atoms. The monoisotopic (exact) mass is 254 g/mol. The van der Waals surface area contributed by atoms with E-state index < -0.39 is 0 Å². The Morgan fingerprint density at radius 3 is 2.56 bits per heavy atom. The summed E-state index contributed by atoms with van der Waals surface area (Å²) in [7, 11) is 1.82. The fourth-order valence-corrected chi connectivity index (χ4v) is 3.19. The first-order chi connectivity index (χ1) is 8.60. The molecule has 3 nitrogen and oxygen atoms in total. The minimum Gasteiger partial charge on any atom is -0.380 e. The molecule has 0 radical (unpaired) electrons. The summed E-state index contributed by atoms with van der Waals surface area (Å²) >= 11 is 0. The van der Waals surface area contributed by atoms with Gasteiger partial charge in [0, 0.05) is 38.8 Å². The molecule has 3 atom stereocenters. The van der Waals surface area contributed by atoms with Gasteiger partial charge in [0.15, 0.2) is 0 Å². The highest BCUT2D eigenvalue weighted by Crippen LogP contribution is 2.36. The molecule has 3 unspecified atom stereocenters. The first-order valence-electron chi connectivity index (χ1n) is 7.60. The fourth-order valence-electron chi connectivity index (χ4n) is 3.19. The van der Waals surface area contributed by atoms with Gasteiger partial charge in [-0.1, -0.05) is 13.8 Å². The molecule has 0 aromatic heterocycles. The number of piperazine rings is 1. The summed E-state index contributed by atoms with van der Waals surface area (Å²) in [6.45, 7) is 10.3. The van der Waals surface area contributed by atoms with Crippen LogP contribution in [0.5, 0.6) is 0 Å². The van der Waals surface area contributed by atoms with Gasteiger partial charge < -0.3 is 10.1 Å². The molecule has 2 fully saturated rings. The molecule has 0 aromatic rings. The van der Waals surface area contributed by atoms with E-state index in [4.69, 9.17) is 4.74 Å². The first-order valence-corrected chi connectivity index (χ1v) is 7.60. The van der Waals surface area contributed by atoms with Crippen molar-refractivity contribution in [3.8, 4) is 0 Å². The van der Waals surface area contributed by atoms with Crippen molar-refractivity contribution in [2.24, 2.45) is 11.8 Å². The predicted octanol–water partition coefficient (Wildman–Crippen LogP) is 2.12. The van der Waals surface area contributed by atoms with Gasteiger partial charge in [0.1, 0.15) is 0 Å². The molecule has 0 bridgehead atoms. The summed E-state index contributed by atoms with van der Waals surface area (Å²) in [6.07, 6.45) is 4.50. The fraction of sp³-hybridized carbons (Fsp3) is 1.00. The zero-order valence-electron chi connectivity index (χ0n) is 12.5. The van der Waals surface area contributed by atoms with E-state index in [1.165, 1.54) is 32.4 Å². The number of ether oxygens (including phenoxy) is 1. The molecule has 3 heteroatoms. The number of rotatable bonds is 6. The molecule has 1 saturated carbocycles. The van der Waals surface area contributed by atoms with Crippen LogP contribution in [0, 0.1) is 11.8 Å². The van der Waals surface area contributed by atoms with E-state index >= 15 is 0 Å². The second kappa shape index (κ2) is 6.36. The van der Waals surface area contributed by atoms with Gasteiger partial charge in [-0.3, -0.25) is 4.90 Å². The number of hydrogen-bond acceptors (Lipinski definition) is 3. The van der Waals surface area contributed by atoms with Crippen molar-refractivity contribution in [1.29, 1.82) is 0 Å². The van der Waals surface area contributed by atoms with E-state index in [0.717, 1.165) is 24.4 Å². The molecule has 1 N–H and O–H groups in total. The van der Waals surface area contributed by atoms with Gasteiger partial charge in [-0.15, -0.1) is 0 Å². The van der Waals surface area contributed by atoms with Crippen molar-refractivity contribution in [2.45, 2.75) is 58.2 Å². The lowest BCUT2D eigenvalue weighted by atomic mass is 9.98. The molecule has 2 rings (SSSR count). The van der Waals surface area contributed by atoms with Crippen LogP contribution >= 0.6 is 0 Å². The van der Waals surface area contributed by atoms with Gasteiger partial charge >= 0.3 is 0 Å². The standard InChI is InChI=1S/C15H30N2O/c1-11(2)7-14-10-17(9-12(3)18-4)15(8-16-14)13-5-6-13/h11-16H,5-10H2,1-4H3. The van der Waals surface area contributed by atoms with E-state index in [2.05, 4.69) is 31.0 Å². The van der Waals surface area contributed by atoms with Crippen molar-refractivity contribution in [2.75, 3.05) is 26.7 Å². The van der Waals surface area contributed by atoms with Crippen molar-refractivity contribution in [1.82, 2.24) is 10.2 Å². The maximum Gasteiger partial charge on any atom is 0.0670 e. The number of methoxy groups -OCH3 is 1. The molecule has 1 aliphatic carbocycles. The molecule has 1 saturated heterocycles. The molecule has 2 aliphatic rings. The van der Waals surface area contributed by atoms with Gasteiger partial charge in [-0.05, 0) is 38.0 Å². The Hall–Kier alpha value is -0.120. The van der Waals surface area contributed by atoms with Crippen LogP contribution in [0.2, 0.25) is 0 Å². The Morgan fingerprint density at radius 2 is 2.00 bits per heavy atom. The summed E-state index contributed by atoms with van der Waals surface area (Å²) < 4.78 is 5.46. The molecule has 0 amide bonds. The van der Waals surface area contributed by atoms with Crippen molar-refractivity contribution >= 4 is 0 Å². The topological polar surface area (TPSA) is 24.5 Å². The summed E-state index contributed by atoms with van der Waals surface area (Å²) in [5.41, 5.74) is 0. The Bertz CT molecular complexity index is 253. The summed E-state index contributed by atoms with van der Waals surface area (Å²) in [6, 6.07) is 1.43. The molecule has 0 spiro atoms.